The Morgan fingerprint density at radius 1 is 1.33 bits per heavy atom. The number of nitrogens with one attached hydrogen (secondary N) is 2. The van der Waals surface area contributed by atoms with Crippen molar-refractivity contribution < 1.29 is 13.9 Å². The van der Waals surface area contributed by atoms with E-state index in [0.29, 0.717) is 32.1 Å². The van der Waals surface area contributed by atoms with Crippen LogP contribution in [0.2, 0.25) is 0 Å². The first-order valence-corrected chi connectivity index (χ1v) is 9.27. The van der Waals surface area contributed by atoms with Gasteiger partial charge in [0.2, 0.25) is 0 Å². The van der Waals surface area contributed by atoms with Crippen LogP contribution < -0.4 is 15.4 Å². The minimum Gasteiger partial charge on any atom is -0.467 e. The number of benzene rings is 1. The molecular weight excluding hydrogens is 482 g/mol. The second-order valence-electron chi connectivity index (χ2n) is 6.01. The number of hydrogen-bond acceptors (Lipinski definition) is 5. The molecule has 0 fully saturated rings. The summed E-state index contributed by atoms with van der Waals surface area (Å²) in [5.74, 6) is 1.16. The van der Waals surface area contributed by atoms with Gasteiger partial charge in [0.1, 0.15) is 11.6 Å². The zero-order valence-electron chi connectivity index (χ0n) is 15.6. The number of hydrogen-bond donors (Lipinski definition) is 2. The Kier molecular flexibility index (Phi) is 8.24. The van der Waals surface area contributed by atoms with Crippen LogP contribution in [0.4, 0.5) is 4.39 Å². The summed E-state index contributed by atoms with van der Waals surface area (Å²) >= 11 is 1.68. The molecule has 2 heterocycles. The number of thiazole rings is 1. The maximum atomic E-state index is 13.8. The lowest BCUT2D eigenvalue weighted by molar-refractivity contribution is -0.0172. The van der Waals surface area contributed by atoms with Crippen molar-refractivity contribution in [1.29, 1.82) is 0 Å². The third kappa shape index (κ3) is 5.76. The summed E-state index contributed by atoms with van der Waals surface area (Å²) in [6.07, 6.45) is 0.624. The largest absolute Gasteiger partial charge is 0.467 e. The average molecular weight is 506 g/mol. The molecule has 0 unspecified atom stereocenters. The second kappa shape index (κ2) is 10.2. The fourth-order valence-corrected chi connectivity index (χ4v) is 3.76. The third-order valence-corrected chi connectivity index (χ3v) is 5.15. The highest BCUT2D eigenvalue weighted by Gasteiger charge is 2.16. The fraction of sp³-hybridized carbons (Fsp3) is 0.444. The molecule has 1 aromatic heterocycles. The molecule has 0 saturated carbocycles. The van der Waals surface area contributed by atoms with Gasteiger partial charge in [0.15, 0.2) is 12.8 Å². The number of guanidine groups is 1. The van der Waals surface area contributed by atoms with Crippen LogP contribution in [-0.4, -0.2) is 31.3 Å². The van der Waals surface area contributed by atoms with Crippen molar-refractivity contribution in [1.82, 2.24) is 15.6 Å². The Morgan fingerprint density at radius 2 is 2.15 bits per heavy atom. The number of nitrogens with zero attached hydrogens (tertiary/aromatic N) is 2. The molecule has 148 valence electrons. The van der Waals surface area contributed by atoms with Gasteiger partial charge in [0.05, 0.1) is 23.9 Å². The number of rotatable bonds is 5. The molecule has 1 aliphatic heterocycles. The molecule has 2 N–H and O–H groups in total. The maximum absolute atomic E-state index is 13.8. The predicted molar refractivity (Wildman–Crippen MR) is 116 cm³/mol. The van der Waals surface area contributed by atoms with Crippen LogP contribution in [0.3, 0.4) is 0 Å². The van der Waals surface area contributed by atoms with Gasteiger partial charge in [0, 0.05) is 24.0 Å². The SMILES string of the molecule is CN=C(NCCc1cc(F)cc2c1OCOC2)NCc1sc(C)nc1C.I. The summed E-state index contributed by atoms with van der Waals surface area (Å²) in [6, 6.07) is 2.98. The van der Waals surface area contributed by atoms with Gasteiger partial charge in [-0.05, 0) is 38.0 Å². The predicted octanol–water partition coefficient (Wildman–Crippen LogP) is 3.29. The van der Waals surface area contributed by atoms with Gasteiger partial charge in [-0.25, -0.2) is 9.37 Å². The first-order valence-electron chi connectivity index (χ1n) is 8.46. The van der Waals surface area contributed by atoms with Crippen molar-refractivity contribution in [2.24, 2.45) is 4.99 Å². The quantitative estimate of drug-likeness (QED) is 0.370. The van der Waals surface area contributed by atoms with Crippen molar-refractivity contribution >= 4 is 41.3 Å². The standard InChI is InChI=1S/C18H23FN4O2S.HI/c1-11-16(26-12(2)23-11)8-22-18(20-3)21-5-4-13-6-15(19)7-14-9-24-10-25-17(13)14;/h6-7H,4-5,8-10H2,1-3H3,(H2,20,21,22);1H. The van der Waals surface area contributed by atoms with E-state index in [2.05, 4.69) is 20.6 Å². The molecule has 27 heavy (non-hydrogen) atoms. The number of aromatic nitrogens is 1. The van der Waals surface area contributed by atoms with E-state index in [1.165, 1.54) is 17.0 Å². The van der Waals surface area contributed by atoms with Gasteiger partial charge in [-0.3, -0.25) is 4.99 Å². The molecule has 0 atom stereocenters. The van der Waals surface area contributed by atoms with Crippen molar-refractivity contribution in [2.45, 2.75) is 33.4 Å². The van der Waals surface area contributed by atoms with Crippen LogP contribution in [0, 0.1) is 19.7 Å². The van der Waals surface area contributed by atoms with E-state index < -0.39 is 0 Å². The highest BCUT2D eigenvalue weighted by molar-refractivity contribution is 14.0. The molecule has 9 heteroatoms. The highest BCUT2D eigenvalue weighted by atomic mass is 127. The summed E-state index contributed by atoms with van der Waals surface area (Å²) in [5.41, 5.74) is 2.63. The molecule has 0 spiro atoms. The molecule has 1 aliphatic rings. The number of halogens is 2. The summed E-state index contributed by atoms with van der Waals surface area (Å²) in [7, 11) is 1.73. The minimum atomic E-state index is -0.272. The molecule has 6 nitrogen and oxygen atoms in total. The van der Waals surface area contributed by atoms with Crippen LogP contribution in [0.5, 0.6) is 5.75 Å². The Bertz CT molecular complexity index is 813. The van der Waals surface area contributed by atoms with Crippen molar-refractivity contribution in [3.05, 3.63) is 44.7 Å². The van der Waals surface area contributed by atoms with Crippen molar-refractivity contribution in [3.8, 4) is 5.75 Å². The van der Waals surface area contributed by atoms with Gasteiger partial charge >= 0.3 is 0 Å². The molecule has 2 aromatic rings. The Labute approximate surface area is 179 Å². The lowest BCUT2D eigenvalue weighted by Crippen LogP contribution is -2.37. The van der Waals surface area contributed by atoms with Gasteiger partial charge in [-0.1, -0.05) is 0 Å². The molecule has 0 saturated heterocycles. The maximum Gasteiger partial charge on any atom is 0.191 e. The fourth-order valence-electron chi connectivity index (χ4n) is 2.88. The van der Waals surface area contributed by atoms with E-state index in [0.717, 1.165) is 27.6 Å². The van der Waals surface area contributed by atoms with Gasteiger partial charge in [0.25, 0.3) is 0 Å². The molecule has 1 aromatic carbocycles. The first-order chi connectivity index (χ1) is 12.6. The Hall–Kier alpha value is -1.46. The summed E-state index contributed by atoms with van der Waals surface area (Å²) in [6.45, 7) is 5.88. The van der Waals surface area contributed by atoms with Gasteiger partial charge < -0.3 is 20.1 Å². The molecule has 0 aliphatic carbocycles. The molecule has 3 rings (SSSR count). The number of aryl methyl sites for hydroxylation is 2. The number of fused-ring (bicyclic) bond motifs is 1. The monoisotopic (exact) mass is 506 g/mol. The lowest BCUT2D eigenvalue weighted by atomic mass is 10.1. The summed E-state index contributed by atoms with van der Waals surface area (Å²) in [4.78, 5) is 9.85. The van der Waals surface area contributed by atoms with E-state index in [9.17, 15) is 4.39 Å². The van der Waals surface area contributed by atoms with Crippen LogP contribution in [0.25, 0.3) is 0 Å². The van der Waals surface area contributed by atoms with Crippen molar-refractivity contribution in [2.75, 3.05) is 20.4 Å². The first kappa shape index (κ1) is 21.8. The van der Waals surface area contributed by atoms with Crippen LogP contribution in [-0.2, 0) is 24.3 Å². The molecular formula is C18H24FIN4O2S. The van der Waals surface area contributed by atoms with Crippen LogP contribution in [0.1, 0.15) is 26.7 Å². The van der Waals surface area contributed by atoms with Crippen LogP contribution in [0.15, 0.2) is 17.1 Å². The number of ether oxygens (including phenoxy) is 2. The zero-order chi connectivity index (χ0) is 18.5. The highest BCUT2D eigenvalue weighted by Crippen LogP contribution is 2.29. The zero-order valence-corrected chi connectivity index (χ0v) is 18.7. The van der Waals surface area contributed by atoms with Gasteiger partial charge in [-0.2, -0.15) is 0 Å². The smallest absolute Gasteiger partial charge is 0.191 e. The lowest BCUT2D eigenvalue weighted by Gasteiger charge is -2.21. The van der Waals surface area contributed by atoms with E-state index in [1.54, 1.807) is 18.4 Å². The van der Waals surface area contributed by atoms with E-state index in [-0.39, 0.29) is 36.6 Å². The third-order valence-electron chi connectivity index (χ3n) is 4.08. The second-order valence-corrected chi connectivity index (χ2v) is 7.30. The van der Waals surface area contributed by atoms with E-state index in [1.807, 2.05) is 13.8 Å². The van der Waals surface area contributed by atoms with Gasteiger partial charge in [-0.15, -0.1) is 35.3 Å². The summed E-state index contributed by atoms with van der Waals surface area (Å²) in [5, 5.41) is 7.60. The normalized spacial score (nSPS) is 13.4. The average Bonchev–Trinajstić information content (AvgIpc) is 2.95. The number of aliphatic imine (C=N–C) groups is 1. The topological polar surface area (TPSA) is 67.8 Å². The molecule has 0 radical (unpaired) electrons. The van der Waals surface area contributed by atoms with Crippen molar-refractivity contribution in [3.63, 3.8) is 0 Å². The van der Waals surface area contributed by atoms with Crippen LogP contribution >= 0.6 is 35.3 Å². The Balaban J connectivity index is 0.00000261. The molecule has 0 bridgehead atoms. The summed E-state index contributed by atoms with van der Waals surface area (Å²) < 4.78 is 24.5. The Morgan fingerprint density at radius 3 is 2.85 bits per heavy atom. The van der Waals surface area contributed by atoms with E-state index in [4.69, 9.17) is 9.47 Å². The van der Waals surface area contributed by atoms with E-state index >= 15 is 0 Å². The molecule has 0 amide bonds. The minimum absolute atomic E-state index is 0.